The van der Waals surface area contributed by atoms with E-state index in [2.05, 4.69) is 219 Å². The Morgan fingerprint density at radius 1 is 0.274 bits per heavy atom. The van der Waals surface area contributed by atoms with Crippen LogP contribution in [0.3, 0.4) is 0 Å². The van der Waals surface area contributed by atoms with Gasteiger partial charge in [0.1, 0.15) is 0 Å². The lowest BCUT2D eigenvalue weighted by Gasteiger charge is -2.53. The molecule has 0 amide bonds. The summed E-state index contributed by atoms with van der Waals surface area (Å²) >= 11 is 0. The third-order valence-electron chi connectivity index (χ3n) is 21.3. The number of para-hydroxylation sites is 5. The molecule has 0 saturated heterocycles. The molecule has 0 bridgehead atoms. The number of anilines is 15. The molecule has 0 unspecified atom stereocenters. The Bertz CT molecular complexity index is 5580. The van der Waals surface area contributed by atoms with Crippen LogP contribution in [0.15, 0.2) is 212 Å². The van der Waals surface area contributed by atoms with Crippen LogP contribution < -0.4 is 78.4 Å². The van der Waals surface area contributed by atoms with Gasteiger partial charge in [-0.15, -0.1) is 0 Å². The molecule has 9 heteroatoms. The van der Waals surface area contributed by atoms with Gasteiger partial charge in [0, 0.05) is 73.9 Å². The summed E-state index contributed by atoms with van der Waals surface area (Å²) in [6, 6.07) is 57.8. The maximum absolute atomic E-state index is 9.61. The third-order valence-corrected chi connectivity index (χ3v) is 21.3. The fraction of sp³-hybridized carbons (Fsp3) is 0.233. The number of hydrogen-bond acceptors (Lipinski definition) is 6. The molecule has 0 spiro atoms. The fourth-order valence-electron chi connectivity index (χ4n) is 16.7. The van der Waals surface area contributed by atoms with Crippen LogP contribution >= 0.6 is 0 Å². The summed E-state index contributed by atoms with van der Waals surface area (Å²) in [5.74, 6) is 1.53. The summed E-state index contributed by atoms with van der Waals surface area (Å²) in [4.78, 5) is 11.7. The second kappa shape index (κ2) is 19.5. The number of nitrogens with zero attached hydrogens (tertiary/aromatic N) is 5. The summed E-state index contributed by atoms with van der Waals surface area (Å²) in [5.41, 5.74) is 26.1. The first-order valence-electron chi connectivity index (χ1n) is 37.7. The predicted molar refractivity (Wildman–Crippen MR) is 407 cm³/mol. The lowest BCUT2D eigenvalue weighted by Crippen LogP contribution is -2.70. The summed E-state index contributed by atoms with van der Waals surface area (Å²) < 4.78 is 83.0. The monoisotopic (exact) mass is 1240 g/mol. The molecule has 0 aliphatic carbocycles. The van der Waals surface area contributed by atoms with Gasteiger partial charge in [-0.25, -0.2) is 0 Å². The van der Waals surface area contributed by atoms with E-state index in [0.717, 1.165) is 145 Å². The molecule has 0 aromatic heterocycles. The highest BCUT2D eigenvalue weighted by molar-refractivity contribution is 7.06. The molecule has 11 aromatic carbocycles. The molecule has 0 atom stereocenters. The Morgan fingerprint density at radius 2 is 0.653 bits per heavy atom. The number of benzene rings is 11. The minimum atomic E-state index is -0.494. The molecule has 11 aromatic rings. The van der Waals surface area contributed by atoms with Gasteiger partial charge in [-0.1, -0.05) is 225 Å². The number of ether oxygens (including phenoxy) is 1. The van der Waals surface area contributed by atoms with Crippen LogP contribution in [0.25, 0.3) is 0 Å². The van der Waals surface area contributed by atoms with Crippen LogP contribution in [0.4, 0.5) is 85.3 Å². The fourth-order valence-corrected chi connectivity index (χ4v) is 16.7. The Morgan fingerprint density at radius 3 is 1.11 bits per heavy atom. The molecule has 95 heavy (non-hydrogen) atoms. The smallest absolute Gasteiger partial charge is 0.252 e. The van der Waals surface area contributed by atoms with Crippen molar-refractivity contribution in [3.05, 3.63) is 240 Å². The molecule has 0 N–H and O–H groups in total. The van der Waals surface area contributed by atoms with Crippen molar-refractivity contribution in [2.75, 3.05) is 24.5 Å². The van der Waals surface area contributed by atoms with Crippen LogP contribution in [-0.4, -0.2) is 20.1 Å². The van der Waals surface area contributed by atoms with Crippen molar-refractivity contribution in [2.24, 2.45) is 0 Å². The Hall–Kier alpha value is -9.59. The zero-order valence-electron chi connectivity index (χ0n) is 65.0. The first-order chi connectivity index (χ1) is 48.5. The topological polar surface area (TPSA) is 25.4 Å². The average Bonchev–Trinajstić information content (AvgIpc) is 0.658. The summed E-state index contributed by atoms with van der Waals surface area (Å²) in [7, 11) is 0. The summed E-state index contributed by atoms with van der Waals surface area (Å²) in [6.07, 6.45) is 0. The maximum Gasteiger partial charge on any atom is 0.252 e. The zero-order chi connectivity index (χ0) is 72.4. The Labute approximate surface area is 574 Å². The standard InChI is InChI=1S/C86H80B3N5O/c1-82(2,3)51-39-40-66-61(41-51)88-64-42-52(83(4,5)6)46-73-79(64)94-80-65(43-53(84(7,8)9)47-74(80)95-73)89-63-48-62-67(49-68(63)92(57-33-24-18-25-34-57)72-50-71(76(88)81(94)77(72)89)90(66)55-29-20-16-21-30-55)91(56-31-22-17-23-32-56)69-44-54(85(10,11)12)45-70-75(69)87(62)60-38-28-37-59(86(13,14)15)78(60)93(70)58-35-26-19-27-36-58/h16-50H,1-15H3/i20D,21D,22D,23D,24D,25D,26D,27D. The second-order valence-electron chi connectivity index (χ2n) is 32.4. The van der Waals surface area contributed by atoms with Crippen molar-refractivity contribution < 1.29 is 15.7 Å². The molecule has 7 aliphatic heterocycles. The van der Waals surface area contributed by atoms with Crippen molar-refractivity contribution in [1.82, 2.24) is 0 Å². The second-order valence-corrected chi connectivity index (χ2v) is 32.4. The van der Waals surface area contributed by atoms with E-state index in [9.17, 15) is 11.0 Å². The SMILES string of the molecule is [2H]c1cc([2H])cc(N2c3cc4c(cc3B3c5cccc(C(C)(C)C)c5N(c5cc([2H])cc([2H])c5)c5cc(C(C)(C)C)cc2c53)B2c3cc(C(C)(C)C)cc5c3N3c6c(cc(C(C)(C)C)cc6B6c7cc(C(C)(C)C)ccc7N(c7cc([2H])cc([2H])c7)c7cc(c2c3c76)N4c2cc([2H])cc([2H])c2)O5)c1. The van der Waals surface area contributed by atoms with E-state index in [4.69, 9.17) is 4.74 Å². The van der Waals surface area contributed by atoms with Gasteiger partial charge in [0.05, 0.1) is 22.3 Å². The lowest BCUT2D eigenvalue weighted by atomic mass is 9.27. The van der Waals surface area contributed by atoms with Gasteiger partial charge in [0.2, 0.25) is 0 Å². The molecule has 0 saturated carbocycles. The molecule has 18 rings (SSSR count). The van der Waals surface area contributed by atoms with Gasteiger partial charge in [0.15, 0.2) is 11.5 Å². The first-order valence-corrected chi connectivity index (χ1v) is 33.7. The normalized spacial score (nSPS) is 16.2. The van der Waals surface area contributed by atoms with Crippen molar-refractivity contribution in [1.29, 1.82) is 0 Å². The largest absolute Gasteiger partial charge is 0.453 e. The molecule has 464 valence electrons. The van der Waals surface area contributed by atoms with Crippen molar-refractivity contribution >= 4 is 155 Å². The molecular formula is C86H80B3N5O. The number of hydrogen-bond donors (Lipinski definition) is 0. The van der Waals surface area contributed by atoms with Gasteiger partial charge in [-0.2, -0.15) is 0 Å². The lowest BCUT2D eigenvalue weighted by molar-refractivity contribution is 0.470. The van der Waals surface area contributed by atoms with Gasteiger partial charge in [-0.3, -0.25) is 0 Å². The highest BCUT2D eigenvalue weighted by Crippen LogP contribution is 2.58. The quantitative estimate of drug-likeness (QED) is 0.163. The first kappa shape index (κ1) is 49.9. The van der Waals surface area contributed by atoms with E-state index >= 15 is 0 Å². The average molecular weight is 1240 g/mol. The minimum absolute atomic E-state index is 0.184. The van der Waals surface area contributed by atoms with E-state index in [-0.39, 0.29) is 71.3 Å². The van der Waals surface area contributed by atoms with Gasteiger partial charge in [-0.05, 0) is 195 Å². The van der Waals surface area contributed by atoms with Crippen LogP contribution in [0.1, 0.15) is 143 Å². The van der Waals surface area contributed by atoms with Crippen LogP contribution in [0.5, 0.6) is 11.5 Å². The molecule has 0 radical (unpaired) electrons. The molecule has 0 fully saturated rings. The van der Waals surface area contributed by atoms with Gasteiger partial charge >= 0.3 is 0 Å². The Kier molecular flexibility index (Phi) is 10.3. The molecule has 6 nitrogen and oxygen atoms in total. The van der Waals surface area contributed by atoms with E-state index in [1.165, 1.54) is 5.56 Å². The van der Waals surface area contributed by atoms with E-state index < -0.39 is 24.3 Å². The van der Waals surface area contributed by atoms with Crippen molar-refractivity contribution in [2.45, 2.75) is 131 Å². The summed E-state index contributed by atoms with van der Waals surface area (Å²) in [5, 5.41) is 0. The van der Waals surface area contributed by atoms with Crippen LogP contribution in [0.2, 0.25) is 0 Å². The summed E-state index contributed by atoms with van der Waals surface area (Å²) in [6.45, 7) is 32.6. The number of fused-ring (bicyclic) bond motifs is 10. The minimum Gasteiger partial charge on any atom is -0.453 e. The van der Waals surface area contributed by atoms with E-state index in [0.29, 0.717) is 22.7 Å². The van der Waals surface area contributed by atoms with Crippen molar-refractivity contribution in [3.63, 3.8) is 0 Å². The van der Waals surface area contributed by atoms with E-state index in [1.54, 1.807) is 24.3 Å². The Balaban J connectivity index is 1.04. The van der Waals surface area contributed by atoms with Crippen LogP contribution in [0, 0.1) is 0 Å². The van der Waals surface area contributed by atoms with Gasteiger partial charge in [0.25, 0.3) is 20.1 Å². The highest BCUT2D eigenvalue weighted by atomic mass is 16.5. The van der Waals surface area contributed by atoms with Crippen molar-refractivity contribution in [3.8, 4) is 11.5 Å². The molecule has 7 aliphatic rings. The third kappa shape index (κ3) is 8.26. The molecule has 7 heterocycles. The predicted octanol–water partition coefficient (Wildman–Crippen LogP) is 17.1. The highest BCUT2D eigenvalue weighted by Gasteiger charge is 2.56. The zero-order valence-corrected chi connectivity index (χ0v) is 57.0. The van der Waals surface area contributed by atoms with Gasteiger partial charge < -0.3 is 29.2 Å². The van der Waals surface area contributed by atoms with Crippen LogP contribution in [-0.2, 0) is 27.1 Å². The number of rotatable bonds is 4. The van der Waals surface area contributed by atoms with E-state index in [1.807, 2.05) is 48.5 Å². The molecular weight excluding hydrogens is 1150 g/mol. The maximum atomic E-state index is 9.61.